The summed E-state index contributed by atoms with van der Waals surface area (Å²) in [5.41, 5.74) is 2.26. The van der Waals surface area contributed by atoms with Gasteiger partial charge in [0.2, 0.25) is 0 Å². The molecule has 0 radical (unpaired) electrons. The molecule has 1 heterocycles. The number of hydrogen-bond acceptors (Lipinski definition) is 4. The molecule has 0 spiro atoms. The van der Waals surface area contributed by atoms with Gasteiger partial charge < -0.3 is 10.2 Å². The molecule has 0 aliphatic carbocycles. The van der Waals surface area contributed by atoms with Crippen LogP contribution in [0.15, 0.2) is 36.7 Å². The molecule has 17 heavy (non-hydrogen) atoms. The number of aryl methyl sites for hydroxylation is 1. The Morgan fingerprint density at radius 3 is 2.59 bits per heavy atom. The van der Waals surface area contributed by atoms with Crippen molar-refractivity contribution in [2.75, 3.05) is 24.3 Å². The van der Waals surface area contributed by atoms with Crippen molar-refractivity contribution in [3.63, 3.8) is 0 Å². The zero-order valence-corrected chi connectivity index (χ0v) is 10.3. The van der Waals surface area contributed by atoms with E-state index in [4.69, 9.17) is 0 Å². The average molecular weight is 228 g/mol. The average Bonchev–Trinajstić information content (AvgIpc) is 2.32. The molecule has 1 N–H and O–H groups in total. The van der Waals surface area contributed by atoms with Crippen LogP contribution in [0, 0.1) is 6.92 Å². The van der Waals surface area contributed by atoms with Gasteiger partial charge in [0.05, 0.1) is 0 Å². The third kappa shape index (κ3) is 2.72. The smallest absolute Gasteiger partial charge is 0.135 e. The number of benzene rings is 1. The Morgan fingerprint density at radius 1 is 1.12 bits per heavy atom. The van der Waals surface area contributed by atoms with E-state index in [9.17, 15) is 0 Å². The third-order valence-electron chi connectivity index (χ3n) is 2.52. The van der Waals surface area contributed by atoms with Crippen molar-refractivity contribution < 1.29 is 0 Å². The summed E-state index contributed by atoms with van der Waals surface area (Å²) in [6.45, 7) is 2.07. The van der Waals surface area contributed by atoms with E-state index in [0.717, 1.165) is 17.3 Å². The number of rotatable bonds is 3. The lowest BCUT2D eigenvalue weighted by Crippen LogP contribution is -2.11. The van der Waals surface area contributed by atoms with Crippen LogP contribution in [0.25, 0.3) is 0 Å². The summed E-state index contributed by atoms with van der Waals surface area (Å²) in [6.07, 6.45) is 1.57. The van der Waals surface area contributed by atoms with Gasteiger partial charge in [-0.05, 0) is 18.6 Å². The Kier molecular flexibility index (Phi) is 3.23. The topological polar surface area (TPSA) is 41.0 Å². The van der Waals surface area contributed by atoms with Crippen LogP contribution in [0.4, 0.5) is 17.3 Å². The fraction of sp³-hybridized carbons (Fsp3) is 0.231. The fourth-order valence-electron chi connectivity index (χ4n) is 1.51. The second-order valence-electron chi connectivity index (χ2n) is 4.10. The molecule has 0 amide bonds. The van der Waals surface area contributed by atoms with Crippen molar-refractivity contribution >= 4 is 17.3 Å². The molecule has 4 heteroatoms. The molecule has 0 saturated heterocycles. The van der Waals surface area contributed by atoms with Crippen LogP contribution in [0.2, 0.25) is 0 Å². The van der Waals surface area contributed by atoms with Gasteiger partial charge in [-0.25, -0.2) is 9.97 Å². The Hall–Kier alpha value is -2.10. The highest BCUT2D eigenvalue weighted by molar-refractivity contribution is 5.62. The molecule has 1 aromatic carbocycles. The van der Waals surface area contributed by atoms with Crippen LogP contribution < -0.4 is 10.2 Å². The van der Waals surface area contributed by atoms with Gasteiger partial charge in [-0.15, -0.1) is 0 Å². The Morgan fingerprint density at radius 2 is 1.88 bits per heavy atom. The summed E-state index contributed by atoms with van der Waals surface area (Å²) >= 11 is 0. The van der Waals surface area contributed by atoms with Gasteiger partial charge in [-0.1, -0.05) is 18.2 Å². The summed E-state index contributed by atoms with van der Waals surface area (Å²) in [5, 5.41) is 3.29. The lowest BCUT2D eigenvalue weighted by atomic mass is 10.2. The zero-order valence-electron chi connectivity index (χ0n) is 10.3. The quantitative estimate of drug-likeness (QED) is 0.876. The molecular formula is C13H16N4. The Bertz CT molecular complexity index is 508. The van der Waals surface area contributed by atoms with Crippen molar-refractivity contribution in [3.05, 3.63) is 42.2 Å². The summed E-state index contributed by atoms with van der Waals surface area (Å²) in [4.78, 5) is 10.3. The number of para-hydroxylation sites is 1. The predicted molar refractivity (Wildman–Crippen MR) is 70.8 cm³/mol. The lowest BCUT2D eigenvalue weighted by molar-refractivity contribution is 1.04. The number of hydrogen-bond donors (Lipinski definition) is 1. The van der Waals surface area contributed by atoms with E-state index >= 15 is 0 Å². The van der Waals surface area contributed by atoms with Gasteiger partial charge in [-0.2, -0.15) is 0 Å². The molecule has 0 fully saturated rings. The molecule has 4 nitrogen and oxygen atoms in total. The molecule has 88 valence electrons. The number of nitrogens with one attached hydrogen (secondary N) is 1. The minimum atomic E-state index is 0.804. The second kappa shape index (κ2) is 4.82. The molecule has 1 aromatic heterocycles. The highest BCUT2D eigenvalue weighted by atomic mass is 15.2. The monoisotopic (exact) mass is 228 g/mol. The van der Waals surface area contributed by atoms with E-state index in [-0.39, 0.29) is 0 Å². The van der Waals surface area contributed by atoms with Crippen LogP contribution in [0.1, 0.15) is 5.56 Å². The summed E-state index contributed by atoms with van der Waals surface area (Å²) in [6, 6.07) is 10.0. The van der Waals surface area contributed by atoms with Crippen molar-refractivity contribution in [2.24, 2.45) is 0 Å². The van der Waals surface area contributed by atoms with Crippen molar-refractivity contribution in [1.29, 1.82) is 0 Å². The van der Waals surface area contributed by atoms with Gasteiger partial charge in [0.25, 0.3) is 0 Å². The van der Waals surface area contributed by atoms with Gasteiger partial charge >= 0.3 is 0 Å². The SMILES string of the molecule is Cc1ccccc1Nc1cc(N(C)C)ncn1. The maximum absolute atomic E-state index is 4.21. The molecule has 0 unspecified atom stereocenters. The molecule has 2 aromatic rings. The minimum Gasteiger partial charge on any atom is -0.363 e. The maximum atomic E-state index is 4.21. The third-order valence-corrected chi connectivity index (χ3v) is 2.52. The Balaban J connectivity index is 2.25. The first-order chi connectivity index (χ1) is 8.16. The zero-order chi connectivity index (χ0) is 12.3. The summed E-state index contributed by atoms with van der Waals surface area (Å²) in [5.74, 6) is 1.69. The van der Waals surface area contributed by atoms with E-state index < -0.39 is 0 Å². The molecule has 0 bridgehead atoms. The van der Waals surface area contributed by atoms with Gasteiger partial charge in [0.1, 0.15) is 18.0 Å². The summed E-state index contributed by atoms with van der Waals surface area (Å²) < 4.78 is 0. The molecule has 2 rings (SSSR count). The van der Waals surface area contributed by atoms with Crippen LogP contribution in [-0.4, -0.2) is 24.1 Å². The Labute approximate surface area is 101 Å². The van der Waals surface area contributed by atoms with Crippen LogP contribution in [-0.2, 0) is 0 Å². The van der Waals surface area contributed by atoms with E-state index in [2.05, 4.69) is 28.3 Å². The molecule has 0 aliphatic rings. The largest absolute Gasteiger partial charge is 0.363 e. The van der Waals surface area contributed by atoms with Crippen molar-refractivity contribution in [2.45, 2.75) is 6.92 Å². The van der Waals surface area contributed by atoms with Crippen molar-refractivity contribution in [3.8, 4) is 0 Å². The molecule has 0 atom stereocenters. The summed E-state index contributed by atoms with van der Waals surface area (Å²) in [7, 11) is 3.92. The van der Waals surface area contributed by atoms with Gasteiger partial charge in [0, 0.05) is 25.8 Å². The van der Waals surface area contributed by atoms with Crippen LogP contribution >= 0.6 is 0 Å². The normalized spacial score (nSPS) is 10.1. The van der Waals surface area contributed by atoms with E-state index in [0.29, 0.717) is 0 Å². The van der Waals surface area contributed by atoms with E-state index in [1.54, 1.807) is 6.33 Å². The highest BCUT2D eigenvalue weighted by Crippen LogP contribution is 2.20. The van der Waals surface area contributed by atoms with Crippen LogP contribution in [0.3, 0.4) is 0 Å². The van der Waals surface area contributed by atoms with Crippen molar-refractivity contribution in [1.82, 2.24) is 9.97 Å². The standard InChI is InChI=1S/C13H16N4/c1-10-6-4-5-7-11(10)16-12-8-13(17(2)3)15-9-14-12/h4-9H,1-3H3,(H,14,15,16). The highest BCUT2D eigenvalue weighted by Gasteiger charge is 2.02. The first-order valence-electron chi connectivity index (χ1n) is 5.49. The number of anilines is 3. The second-order valence-corrected chi connectivity index (χ2v) is 4.10. The van der Waals surface area contributed by atoms with Gasteiger partial charge in [0.15, 0.2) is 0 Å². The first kappa shape index (κ1) is 11.4. The predicted octanol–water partition coefficient (Wildman–Crippen LogP) is 2.59. The maximum Gasteiger partial charge on any atom is 0.135 e. The van der Waals surface area contributed by atoms with E-state index in [1.165, 1.54) is 5.56 Å². The number of aromatic nitrogens is 2. The van der Waals surface area contributed by atoms with E-state index in [1.807, 2.05) is 43.3 Å². The lowest BCUT2D eigenvalue weighted by Gasteiger charge is -2.13. The molecule has 0 aliphatic heterocycles. The molecule has 0 saturated carbocycles. The molecular weight excluding hydrogens is 212 g/mol. The minimum absolute atomic E-state index is 0.804. The first-order valence-corrected chi connectivity index (χ1v) is 5.49. The van der Waals surface area contributed by atoms with Crippen LogP contribution in [0.5, 0.6) is 0 Å². The fourth-order valence-corrected chi connectivity index (χ4v) is 1.51. The number of nitrogens with zero attached hydrogens (tertiary/aromatic N) is 3. The van der Waals surface area contributed by atoms with Gasteiger partial charge in [-0.3, -0.25) is 0 Å².